The van der Waals surface area contributed by atoms with Crippen LogP contribution in [0.2, 0.25) is 0 Å². The SMILES string of the molecule is COc1cnc(NCCCOCC2CC2)nc1. The van der Waals surface area contributed by atoms with E-state index >= 15 is 0 Å². The Hall–Kier alpha value is -1.36. The highest BCUT2D eigenvalue weighted by atomic mass is 16.5. The highest BCUT2D eigenvalue weighted by Crippen LogP contribution is 2.28. The summed E-state index contributed by atoms with van der Waals surface area (Å²) in [6, 6.07) is 0. The average Bonchev–Trinajstić information content (AvgIpc) is 3.18. The fourth-order valence-corrected chi connectivity index (χ4v) is 1.42. The number of hydrogen-bond donors (Lipinski definition) is 1. The summed E-state index contributed by atoms with van der Waals surface area (Å²) in [7, 11) is 1.60. The zero-order chi connectivity index (χ0) is 11.9. The molecule has 0 saturated heterocycles. The van der Waals surface area contributed by atoms with Crippen LogP contribution in [0.25, 0.3) is 0 Å². The minimum absolute atomic E-state index is 0.632. The Bertz CT molecular complexity index is 325. The molecule has 0 aliphatic heterocycles. The van der Waals surface area contributed by atoms with Gasteiger partial charge in [-0.3, -0.25) is 0 Å². The average molecular weight is 237 g/mol. The van der Waals surface area contributed by atoms with Crippen LogP contribution < -0.4 is 10.1 Å². The molecule has 1 heterocycles. The van der Waals surface area contributed by atoms with E-state index in [1.165, 1.54) is 12.8 Å². The van der Waals surface area contributed by atoms with Crippen LogP contribution in [0.1, 0.15) is 19.3 Å². The molecule has 17 heavy (non-hydrogen) atoms. The molecule has 0 bridgehead atoms. The predicted octanol–water partition coefficient (Wildman–Crippen LogP) is 1.71. The number of methoxy groups -OCH3 is 1. The van der Waals surface area contributed by atoms with Gasteiger partial charge >= 0.3 is 0 Å². The molecule has 0 aromatic carbocycles. The van der Waals surface area contributed by atoms with E-state index in [1.54, 1.807) is 19.5 Å². The van der Waals surface area contributed by atoms with Crippen molar-refractivity contribution < 1.29 is 9.47 Å². The highest BCUT2D eigenvalue weighted by Gasteiger charge is 2.20. The van der Waals surface area contributed by atoms with Crippen molar-refractivity contribution in [2.24, 2.45) is 5.92 Å². The van der Waals surface area contributed by atoms with Gasteiger partial charge in [-0.25, -0.2) is 9.97 Å². The minimum Gasteiger partial charge on any atom is -0.494 e. The van der Waals surface area contributed by atoms with Gasteiger partial charge in [0.25, 0.3) is 0 Å². The second-order valence-corrected chi connectivity index (χ2v) is 4.25. The number of aromatic nitrogens is 2. The number of anilines is 1. The fraction of sp³-hybridized carbons (Fsp3) is 0.667. The van der Waals surface area contributed by atoms with Crippen molar-refractivity contribution in [1.29, 1.82) is 0 Å². The van der Waals surface area contributed by atoms with Gasteiger partial charge in [0.05, 0.1) is 19.5 Å². The summed E-state index contributed by atoms with van der Waals surface area (Å²) < 4.78 is 10.5. The lowest BCUT2D eigenvalue weighted by Gasteiger charge is -2.05. The lowest BCUT2D eigenvalue weighted by Crippen LogP contribution is -2.09. The molecule has 1 saturated carbocycles. The second-order valence-electron chi connectivity index (χ2n) is 4.25. The third-order valence-electron chi connectivity index (χ3n) is 2.66. The Labute approximate surface area is 102 Å². The Morgan fingerprint density at radius 2 is 2.12 bits per heavy atom. The number of hydrogen-bond acceptors (Lipinski definition) is 5. The van der Waals surface area contributed by atoms with Crippen LogP contribution in [-0.2, 0) is 4.74 Å². The van der Waals surface area contributed by atoms with Crippen molar-refractivity contribution >= 4 is 5.95 Å². The predicted molar refractivity (Wildman–Crippen MR) is 65.2 cm³/mol. The lowest BCUT2D eigenvalue weighted by atomic mass is 10.4. The largest absolute Gasteiger partial charge is 0.494 e. The molecule has 0 radical (unpaired) electrons. The lowest BCUT2D eigenvalue weighted by molar-refractivity contribution is 0.124. The van der Waals surface area contributed by atoms with Crippen LogP contribution in [0.4, 0.5) is 5.95 Å². The van der Waals surface area contributed by atoms with E-state index in [0.29, 0.717) is 11.7 Å². The molecule has 2 rings (SSSR count). The number of rotatable bonds is 8. The Morgan fingerprint density at radius 3 is 2.76 bits per heavy atom. The number of nitrogens with one attached hydrogen (secondary N) is 1. The molecule has 5 heteroatoms. The molecule has 0 unspecified atom stereocenters. The van der Waals surface area contributed by atoms with Crippen molar-refractivity contribution in [3.63, 3.8) is 0 Å². The first-order chi connectivity index (χ1) is 8.38. The fourth-order valence-electron chi connectivity index (χ4n) is 1.42. The molecule has 1 aromatic heterocycles. The molecule has 0 spiro atoms. The van der Waals surface area contributed by atoms with Crippen LogP contribution >= 0.6 is 0 Å². The van der Waals surface area contributed by atoms with Crippen molar-refractivity contribution in [2.75, 3.05) is 32.2 Å². The van der Waals surface area contributed by atoms with Gasteiger partial charge in [0.15, 0.2) is 5.75 Å². The van der Waals surface area contributed by atoms with Gasteiger partial charge in [0.2, 0.25) is 5.95 Å². The van der Waals surface area contributed by atoms with Gasteiger partial charge in [0, 0.05) is 19.8 Å². The maximum Gasteiger partial charge on any atom is 0.222 e. The topological polar surface area (TPSA) is 56.3 Å². The van der Waals surface area contributed by atoms with Crippen LogP contribution in [0.5, 0.6) is 5.75 Å². The standard InChI is InChI=1S/C12H19N3O2/c1-16-11-7-14-12(15-8-11)13-5-2-6-17-9-10-3-4-10/h7-8,10H,2-6,9H2,1H3,(H,13,14,15). The summed E-state index contributed by atoms with van der Waals surface area (Å²) in [5.74, 6) is 2.14. The van der Waals surface area contributed by atoms with Crippen molar-refractivity contribution in [2.45, 2.75) is 19.3 Å². The minimum atomic E-state index is 0.632. The van der Waals surface area contributed by atoms with Crippen LogP contribution in [0.15, 0.2) is 12.4 Å². The molecule has 0 atom stereocenters. The summed E-state index contributed by atoms with van der Waals surface area (Å²) in [5.41, 5.74) is 0. The van der Waals surface area contributed by atoms with Gasteiger partial charge in [-0.1, -0.05) is 0 Å². The molecule has 1 N–H and O–H groups in total. The summed E-state index contributed by atoms with van der Waals surface area (Å²) >= 11 is 0. The normalized spacial score (nSPS) is 14.6. The maximum absolute atomic E-state index is 5.53. The van der Waals surface area contributed by atoms with E-state index in [2.05, 4.69) is 15.3 Å². The molecule has 0 amide bonds. The Morgan fingerprint density at radius 1 is 1.35 bits per heavy atom. The third-order valence-corrected chi connectivity index (χ3v) is 2.66. The van der Waals surface area contributed by atoms with Gasteiger partial charge in [-0.15, -0.1) is 0 Å². The number of nitrogens with zero attached hydrogens (tertiary/aromatic N) is 2. The second kappa shape index (κ2) is 6.39. The molecule has 1 fully saturated rings. The molecule has 1 aliphatic carbocycles. The van der Waals surface area contributed by atoms with E-state index < -0.39 is 0 Å². The van der Waals surface area contributed by atoms with Crippen LogP contribution in [0.3, 0.4) is 0 Å². The van der Waals surface area contributed by atoms with Crippen molar-refractivity contribution in [3.8, 4) is 5.75 Å². The first-order valence-electron chi connectivity index (χ1n) is 6.06. The van der Waals surface area contributed by atoms with Gasteiger partial charge in [-0.2, -0.15) is 0 Å². The van der Waals surface area contributed by atoms with Gasteiger partial charge < -0.3 is 14.8 Å². The van der Waals surface area contributed by atoms with E-state index in [4.69, 9.17) is 9.47 Å². The quantitative estimate of drug-likeness (QED) is 0.698. The summed E-state index contributed by atoms with van der Waals surface area (Å²) in [4.78, 5) is 8.24. The van der Waals surface area contributed by atoms with E-state index in [9.17, 15) is 0 Å². The zero-order valence-corrected chi connectivity index (χ0v) is 10.2. The Balaban J connectivity index is 1.53. The first kappa shape index (κ1) is 12.1. The molecular weight excluding hydrogens is 218 g/mol. The van der Waals surface area contributed by atoms with E-state index in [-0.39, 0.29) is 0 Å². The van der Waals surface area contributed by atoms with Crippen LogP contribution in [-0.4, -0.2) is 36.8 Å². The number of ether oxygens (including phenoxy) is 2. The first-order valence-corrected chi connectivity index (χ1v) is 6.06. The van der Waals surface area contributed by atoms with Crippen molar-refractivity contribution in [1.82, 2.24) is 9.97 Å². The zero-order valence-electron chi connectivity index (χ0n) is 10.2. The van der Waals surface area contributed by atoms with E-state index in [0.717, 1.165) is 32.1 Å². The molecule has 94 valence electrons. The summed E-state index contributed by atoms with van der Waals surface area (Å²) in [6.07, 6.45) is 6.97. The molecular formula is C12H19N3O2. The smallest absolute Gasteiger partial charge is 0.222 e. The highest BCUT2D eigenvalue weighted by molar-refractivity contribution is 5.26. The van der Waals surface area contributed by atoms with Crippen LogP contribution in [0, 0.1) is 5.92 Å². The summed E-state index contributed by atoms with van der Waals surface area (Å²) in [5, 5.41) is 3.14. The third kappa shape index (κ3) is 4.56. The molecule has 1 aliphatic rings. The molecule has 1 aromatic rings. The Kier molecular flexibility index (Phi) is 4.55. The maximum atomic E-state index is 5.53. The monoisotopic (exact) mass is 237 g/mol. The molecule has 5 nitrogen and oxygen atoms in total. The van der Waals surface area contributed by atoms with Gasteiger partial charge in [0.1, 0.15) is 0 Å². The van der Waals surface area contributed by atoms with Gasteiger partial charge in [-0.05, 0) is 25.2 Å². The van der Waals surface area contributed by atoms with Crippen molar-refractivity contribution in [3.05, 3.63) is 12.4 Å². The van der Waals surface area contributed by atoms with E-state index in [1.807, 2.05) is 0 Å². The summed E-state index contributed by atoms with van der Waals surface area (Å²) in [6.45, 7) is 2.57.